The number of aliphatic imine (C=N–C) groups is 1. The number of hydrogen-bond acceptors (Lipinski definition) is 2. The van der Waals surface area contributed by atoms with Crippen LogP contribution in [0.4, 0.5) is 0 Å². The lowest BCUT2D eigenvalue weighted by Gasteiger charge is -2.45. The summed E-state index contributed by atoms with van der Waals surface area (Å²) in [7, 11) is 0. The molecule has 0 spiro atoms. The summed E-state index contributed by atoms with van der Waals surface area (Å²) in [5.74, 6) is 1.80. The van der Waals surface area contributed by atoms with E-state index < -0.39 is 0 Å². The highest BCUT2D eigenvalue weighted by molar-refractivity contribution is 5.64. The Bertz CT molecular complexity index is 962. The first-order valence-electron chi connectivity index (χ1n) is 10.9. The first-order valence-corrected chi connectivity index (χ1v) is 10.9. The van der Waals surface area contributed by atoms with Crippen molar-refractivity contribution in [2.75, 3.05) is 0 Å². The van der Waals surface area contributed by atoms with Gasteiger partial charge in [-0.05, 0) is 28.5 Å². The van der Waals surface area contributed by atoms with Crippen molar-refractivity contribution in [3.05, 3.63) is 95.6 Å². The van der Waals surface area contributed by atoms with Gasteiger partial charge in [-0.1, -0.05) is 99.7 Å². The second kappa shape index (κ2) is 7.11. The molecule has 1 N–H and O–H groups in total. The van der Waals surface area contributed by atoms with Crippen molar-refractivity contribution in [3.8, 4) is 0 Å². The average Bonchev–Trinajstić information content (AvgIpc) is 2.74. The van der Waals surface area contributed by atoms with Gasteiger partial charge in [-0.25, -0.2) is 0 Å². The third-order valence-electron chi connectivity index (χ3n) is 7.26. The SMILES string of the molecule is CC1C=C2C(=CC1C1NC(c3ccccc3)N=CC1C)C=CC1C=CC=CC21C. The Hall–Kier alpha value is -2.45. The maximum atomic E-state index is 4.79. The fourth-order valence-electron chi connectivity index (χ4n) is 5.45. The zero-order chi connectivity index (χ0) is 20.0. The Kier molecular flexibility index (Phi) is 4.55. The molecule has 1 heterocycles. The van der Waals surface area contributed by atoms with Crippen LogP contribution in [-0.4, -0.2) is 12.3 Å². The van der Waals surface area contributed by atoms with Gasteiger partial charge < -0.3 is 0 Å². The lowest BCUT2D eigenvalue weighted by Crippen LogP contribution is -2.48. The molecule has 2 nitrogen and oxygen atoms in total. The van der Waals surface area contributed by atoms with Crippen molar-refractivity contribution in [1.29, 1.82) is 0 Å². The molecule has 0 amide bonds. The summed E-state index contributed by atoms with van der Waals surface area (Å²) < 4.78 is 0. The molecular formula is C27H30N2. The van der Waals surface area contributed by atoms with Crippen LogP contribution >= 0.6 is 0 Å². The third kappa shape index (κ3) is 3.11. The second-order valence-electron chi connectivity index (χ2n) is 9.21. The van der Waals surface area contributed by atoms with Crippen molar-refractivity contribution in [1.82, 2.24) is 5.32 Å². The lowest BCUT2D eigenvalue weighted by molar-refractivity contribution is 0.269. The molecule has 0 radical (unpaired) electrons. The van der Waals surface area contributed by atoms with Crippen LogP contribution in [-0.2, 0) is 0 Å². The minimum Gasteiger partial charge on any atom is -0.288 e. The van der Waals surface area contributed by atoms with Crippen molar-refractivity contribution in [2.24, 2.45) is 34.1 Å². The van der Waals surface area contributed by atoms with Crippen molar-refractivity contribution < 1.29 is 0 Å². The highest BCUT2D eigenvalue weighted by atomic mass is 15.1. The quantitative estimate of drug-likeness (QED) is 0.687. The van der Waals surface area contributed by atoms with Gasteiger partial charge in [-0.3, -0.25) is 10.3 Å². The Morgan fingerprint density at radius 3 is 2.62 bits per heavy atom. The summed E-state index contributed by atoms with van der Waals surface area (Å²) in [5, 5.41) is 3.86. The van der Waals surface area contributed by atoms with Crippen molar-refractivity contribution >= 4 is 6.21 Å². The summed E-state index contributed by atoms with van der Waals surface area (Å²) >= 11 is 0. The molecule has 0 fully saturated rings. The number of hydrogen-bond donors (Lipinski definition) is 1. The van der Waals surface area contributed by atoms with E-state index >= 15 is 0 Å². The number of nitrogens with one attached hydrogen (secondary N) is 1. The average molecular weight is 383 g/mol. The molecule has 3 aliphatic carbocycles. The Morgan fingerprint density at radius 2 is 1.79 bits per heavy atom. The Balaban J connectivity index is 1.46. The largest absolute Gasteiger partial charge is 0.288 e. The number of fused-ring (bicyclic) bond motifs is 3. The first kappa shape index (κ1) is 18.6. The van der Waals surface area contributed by atoms with Crippen LogP contribution in [0.1, 0.15) is 32.5 Å². The van der Waals surface area contributed by atoms with Crippen LogP contribution in [0, 0.1) is 29.1 Å². The lowest BCUT2D eigenvalue weighted by atomic mass is 9.60. The highest BCUT2D eigenvalue weighted by Gasteiger charge is 2.42. The van der Waals surface area contributed by atoms with Gasteiger partial charge in [0, 0.05) is 29.5 Å². The maximum absolute atomic E-state index is 4.79. The molecule has 5 rings (SSSR count). The monoisotopic (exact) mass is 382 g/mol. The van der Waals surface area contributed by atoms with Crippen molar-refractivity contribution in [3.63, 3.8) is 0 Å². The Morgan fingerprint density at radius 1 is 0.966 bits per heavy atom. The predicted molar refractivity (Wildman–Crippen MR) is 122 cm³/mol. The normalized spacial score (nSPS) is 40.1. The Labute approximate surface area is 174 Å². The maximum Gasteiger partial charge on any atom is 0.125 e. The summed E-state index contributed by atoms with van der Waals surface area (Å²) in [4.78, 5) is 4.79. The molecule has 0 bridgehead atoms. The number of allylic oxidation sites excluding steroid dienone is 9. The standard InChI is InChI=1S/C27H30N2/c1-18-15-24-21(12-13-22-11-7-8-14-27(22,24)3)16-23(18)25-19(2)17-28-26(29-25)20-9-5-4-6-10-20/h4-19,22-23,25-26,29H,1-3H3. The molecule has 2 heteroatoms. The topological polar surface area (TPSA) is 24.4 Å². The van der Waals surface area contributed by atoms with Crippen LogP contribution in [0.15, 0.2) is 95.1 Å². The van der Waals surface area contributed by atoms with Gasteiger partial charge in [0.1, 0.15) is 6.17 Å². The van der Waals surface area contributed by atoms with E-state index in [1.807, 2.05) is 0 Å². The summed E-state index contributed by atoms with van der Waals surface area (Å²) in [5.41, 5.74) is 4.21. The van der Waals surface area contributed by atoms with E-state index in [-0.39, 0.29) is 11.6 Å². The molecule has 0 aromatic heterocycles. The minimum absolute atomic E-state index is 0.0450. The molecule has 1 aliphatic heterocycles. The molecular weight excluding hydrogens is 352 g/mol. The zero-order valence-electron chi connectivity index (χ0n) is 17.5. The van der Waals surface area contributed by atoms with Gasteiger partial charge in [0.15, 0.2) is 0 Å². The van der Waals surface area contributed by atoms with E-state index in [1.54, 1.807) is 0 Å². The van der Waals surface area contributed by atoms with E-state index in [0.717, 1.165) is 0 Å². The van der Waals surface area contributed by atoms with E-state index in [4.69, 9.17) is 4.99 Å². The molecule has 0 saturated heterocycles. The molecule has 7 unspecified atom stereocenters. The molecule has 29 heavy (non-hydrogen) atoms. The number of rotatable bonds is 2. The highest BCUT2D eigenvalue weighted by Crippen LogP contribution is 2.50. The van der Waals surface area contributed by atoms with E-state index in [9.17, 15) is 0 Å². The molecule has 1 aromatic carbocycles. The van der Waals surface area contributed by atoms with Gasteiger partial charge in [-0.15, -0.1) is 0 Å². The van der Waals surface area contributed by atoms with Crippen LogP contribution in [0.2, 0.25) is 0 Å². The first-order chi connectivity index (χ1) is 14.1. The number of nitrogens with zero attached hydrogens (tertiary/aromatic N) is 1. The summed E-state index contributed by atoms with van der Waals surface area (Å²) in [6, 6.07) is 11.0. The van der Waals surface area contributed by atoms with Gasteiger partial charge in [0.25, 0.3) is 0 Å². The van der Waals surface area contributed by atoms with E-state index in [0.29, 0.717) is 29.7 Å². The molecule has 0 saturated carbocycles. The van der Waals surface area contributed by atoms with E-state index in [2.05, 4.69) is 111 Å². The smallest absolute Gasteiger partial charge is 0.125 e. The minimum atomic E-state index is 0.0450. The molecule has 1 aromatic rings. The van der Waals surface area contributed by atoms with Crippen LogP contribution < -0.4 is 5.32 Å². The fraction of sp³-hybridized carbons (Fsp3) is 0.370. The molecule has 148 valence electrons. The fourth-order valence-corrected chi connectivity index (χ4v) is 5.45. The van der Waals surface area contributed by atoms with Gasteiger partial charge in [-0.2, -0.15) is 0 Å². The molecule has 7 atom stereocenters. The summed E-state index contributed by atoms with van der Waals surface area (Å²) in [6.45, 7) is 7.05. The van der Waals surface area contributed by atoms with Gasteiger partial charge in [0.2, 0.25) is 0 Å². The van der Waals surface area contributed by atoms with E-state index in [1.165, 1.54) is 16.7 Å². The number of benzene rings is 1. The van der Waals surface area contributed by atoms with Gasteiger partial charge in [0.05, 0.1) is 0 Å². The molecule has 4 aliphatic rings. The third-order valence-corrected chi connectivity index (χ3v) is 7.26. The van der Waals surface area contributed by atoms with Crippen molar-refractivity contribution in [2.45, 2.75) is 33.0 Å². The van der Waals surface area contributed by atoms with Crippen LogP contribution in [0.3, 0.4) is 0 Å². The zero-order valence-corrected chi connectivity index (χ0v) is 17.5. The van der Waals surface area contributed by atoms with Crippen LogP contribution in [0.5, 0.6) is 0 Å². The van der Waals surface area contributed by atoms with Crippen LogP contribution in [0.25, 0.3) is 0 Å². The summed E-state index contributed by atoms with van der Waals surface area (Å²) in [6.07, 6.45) is 21.1. The second-order valence-corrected chi connectivity index (χ2v) is 9.21. The van der Waals surface area contributed by atoms with Gasteiger partial charge >= 0.3 is 0 Å². The predicted octanol–water partition coefficient (Wildman–Crippen LogP) is 5.80.